The number of anilines is 1. The second kappa shape index (κ2) is 7.81. The summed E-state index contributed by atoms with van der Waals surface area (Å²) in [5.41, 5.74) is 0.363. The highest BCUT2D eigenvalue weighted by Gasteiger charge is 2.45. The van der Waals surface area contributed by atoms with E-state index in [0.717, 1.165) is 44.8 Å². The number of nitrogens with zero attached hydrogens (tertiary/aromatic N) is 5. The van der Waals surface area contributed by atoms with Gasteiger partial charge in [-0.2, -0.15) is 4.98 Å². The summed E-state index contributed by atoms with van der Waals surface area (Å²) in [6.45, 7) is 10.3. The van der Waals surface area contributed by atoms with Crippen molar-refractivity contribution in [1.82, 2.24) is 19.9 Å². The molecule has 7 heteroatoms. The number of rotatable bonds is 5. The Labute approximate surface area is 180 Å². The Morgan fingerprint density at radius 2 is 2.00 bits per heavy atom. The van der Waals surface area contributed by atoms with Crippen LogP contribution in [-0.4, -0.2) is 70.2 Å². The minimum atomic E-state index is 0.267. The fourth-order valence-electron chi connectivity index (χ4n) is 6.55. The zero-order valence-electron chi connectivity index (χ0n) is 18.8. The van der Waals surface area contributed by atoms with Crippen LogP contribution in [0.1, 0.15) is 71.0 Å². The molecule has 0 N–H and O–H groups in total. The van der Waals surface area contributed by atoms with Crippen molar-refractivity contribution >= 4 is 11.9 Å². The molecule has 1 amide bonds. The molecule has 2 bridgehead atoms. The molecule has 166 valence electrons. The summed E-state index contributed by atoms with van der Waals surface area (Å²) in [7, 11) is 0. The molecule has 3 atom stereocenters. The Morgan fingerprint density at radius 1 is 1.23 bits per heavy atom. The SMILES string of the molecule is CC(=O)N(CC1(C)CCC1)C1CCN(C2CC3CCC2CN3c2nc(C)no2)CC1. The van der Waals surface area contributed by atoms with Crippen molar-refractivity contribution in [3.8, 4) is 0 Å². The molecule has 5 aliphatic rings. The lowest BCUT2D eigenvalue weighted by atomic mass is 9.70. The Balaban J connectivity index is 1.18. The Hall–Kier alpha value is -1.63. The summed E-state index contributed by atoms with van der Waals surface area (Å²) in [5, 5.41) is 3.99. The predicted octanol–water partition coefficient (Wildman–Crippen LogP) is 3.24. The zero-order valence-corrected chi connectivity index (χ0v) is 18.8. The number of likely N-dealkylation sites (tertiary alicyclic amines) is 1. The molecule has 3 unspecified atom stereocenters. The highest BCUT2D eigenvalue weighted by Crippen LogP contribution is 2.43. The molecule has 3 aliphatic heterocycles. The minimum absolute atomic E-state index is 0.267. The van der Waals surface area contributed by atoms with Gasteiger partial charge < -0.3 is 14.3 Å². The van der Waals surface area contributed by atoms with Crippen LogP contribution in [0.4, 0.5) is 6.01 Å². The molecule has 3 saturated heterocycles. The summed E-state index contributed by atoms with van der Waals surface area (Å²) in [4.78, 5) is 24.2. The van der Waals surface area contributed by atoms with Gasteiger partial charge in [0.05, 0.1) is 0 Å². The van der Waals surface area contributed by atoms with E-state index in [1.54, 1.807) is 6.92 Å². The molecular formula is C23H37N5O2. The number of piperidine rings is 3. The summed E-state index contributed by atoms with van der Waals surface area (Å²) in [5.74, 6) is 1.66. The van der Waals surface area contributed by atoms with Gasteiger partial charge in [-0.15, -0.1) is 0 Å². The molecule has 2 saturated carbocycles. The molecule has 5 fully saturated rings. The average molecular weight is 416 g/mol. The summed E-state index contributed by atoms with van der Waals surface area (Å²) in [6.07, 6.45) is 9.85. The monoisotopic (exact) mass is 415 g/mol. The van der Waals surface area contributed by atoms with Gasteiger partial charge in [0.15, 0.2) is 5.82 Å². The summed E-state index contributed by atoms with van der Waals surface area (Å²) in [6, 6.07) is 2.32. The van der Waals surface area contributed by atoms with Gasteiger partial charge >= 0.3 is 6.01 Å². The minimum Gasteiger partial charge on any atom is -0.339 e. The van der Waals surface area contributed by atoms with Gasteiger partial charge in [0.25, 0.3) is 0 Å². The normalized spacial score (nSPS) is 31.6. The van der Waals surface area contributed by atoms with Crippen molar-refractivity contribution in [2.75, 3.05) is 31.1 Å². The van der Waals surface area contributed by atoms with Gasteiger partial charge in [0.2, 0.25) is 5.91 Å². The van der Waals surface area contributed by atoms with Crippen LogP contribution in [0, 0.1) is 18.3 Å². The lowest BCUT2D eigenvalue weighted by molar-refractivity contribution is -0.135. The Morgan fingerprint density at radius 3 is 2.53 bits per heavy atom. The number of aromatic nitrogens is 2. The highest BCUT2D eigenvalue weighted by molar-refractivity contribution is 5.73. The van der Waals surface area contributed by atoms with Crippen molar-refractivity contribution in [3.05, 3.63) is 5.82 Å². The number of hydrogen-bond acceptors (Lipinski definition) is 6. The second-order valence-corrected chi connectivity index (χ2v) is 10.6. The van der Waals surface area contributed by atoms with E-state index < -0.39 is 0 Å². The van der Waals surface area contributed by atoms with E-state index in [9.17, 15) is 4.79 Å². The average Bonchev–Trinajstić information content (AvgIpc) is 3.17. The number of hydrogen-bond donors (Lipinski definition) is 0. The molecule has 0 spiro atoms. The van der Waals surface area contributed by atoms with Crippen LogP contribution >= 0.6 is 0 Å². The largest absolute Gasteiger partial charge is 0.339 e. The lowest BCUT2D eigenvalue weighted by Gasteiger charge is -2.53. The van der Waals surface area contributed by atoms with Crippen molar-refractivity contribution in [3.63, 3.8) is 0 Å². The van der Waals surface area contributed by atoms with Crippen molar-refractivity contribution < 1.29 is 9.32 Å². The van der Waals surface area contributed by atoms with Crippen LogP contribution < -0.4 is 4.90 Å². The lowest BCUT2D eigenvalue weighted by Crippen LogP contribution is -2.61. The number of carbonyl (C=O) groups excluding carboxylic acids is 1. The summed E-state index contributed by atoms with van der Waals surface area (Å²) < 4.78 is 5.47. The molecule has 7 nitrogen and oxygen atoms in total. The van der Waals surface area contributed by atoms with E-state index >= 15 is 0 Å². The first-order chi connectivity index (χ1) is 14.4. The smallest absolute Gasteiger partial charge is 0.324 e. The number of carbonyl (C=O) groups is 1. The first kappa shape index (κ1) is 20.3. The third-order valence-electron chi connectivity index (χ3n) is 8.49. The van der Waals surface area contributed by atoms with Crippen LogP contribution in [0.5, 0.6) is 0 Å². The van der Waals surface area contributed by atoms with E-state index in [2.05, 4.69) is 31.8 Å². The molecular weight excluding hydrogens is 378 g/mol. The van der Waals surface area contributed by atoms with Crippen molar-refractivity contribution in [2.24, 2.45) is 11.3 Å². The highest BCUT2D eigenvalue weighted by atomic mass is 16.5. The van der Waals surface area contributed by atoms with E-state index in [-0.39, 0.29) is 5.91 Å². The number of aryl methyl sites for hydroxylation is 1. The van der Waals surface area contributed by atoms with Crippen molar-refractivity contribution in [2.45, 2.75) is 90.3 Å². The van der Waals surface area contributed by atoms with Crippen LogP contribution in [0.3, 0.4) is 0 Å². The van der Waals surface area contributed by atoms with Crippen molar-refractivity contribution in [1.29, 1.82) is 0 Å². The van der Waals surface area contributed by atoms with Crippen LogP contribution in [-0.2, 0) is 4.79 Å². The maximum absolute atomic E-state index is 12.4. The van der Waals surface area contributed by atoms with Crippen LogP contribution in [0.2, 0.25) is 0 Å². The summed E-state index contributed by atoms with van der Waals surface area (Å²) >= 11 is 0. The van der Waals surface area contributed by atoms with Gasteiger partial charge in [-0.1, -0.05) is 18.5 Å². The Bertz CT molecular complexity index is 767. The first-order valence-electron chi connectivity index (χ1n) is 12.0. The van der Waals surface area contributed by atoms with Crippen LogP contribution in [0.15, 0.2) is 4.52 Å². The van der Waals surface area contributed by atoms with E-state index in [1.165, 1.54) is 38.5 Å². The zero-order chi connectivity index (χ0) is 20.9. The molecule has 6 rings (SSSR count). The molecule has 1 aromatic rings. The third kappa shape index (κ3) is 3.74. The maximum Gasteiger partial charge on any atom is 0.324 e. The van der Waals surface area contributed by atoms with Gasteiger partial charge in [-0.05, 0) is 63.2 Å². The fourth-order valence-corrected chi connectivity index (χ4v) is 6.55. The van der Waals surface area contributed by atoms with Gasteiger partial charge in [0, 0.05) is 51.2 Å². The number of amides is 1. The van der Waals surface area contributed by atoms with Crippen LogP contribution in [0.25, 0.3) is 0 Å². The van der Waals surface area contributed by atoms with E-state index in [0.29, 0.717) is 35.5 Å². The predicted molar refractivity (Wildman–Crippen MR) is 115 cm³/mol. The second-order valence-electron chi connectivity index (χ2n) is 10.6. The van der Waals surface area contributed by atoms with Gasteiger partial charge in [0.1, 0.15) is 0 Å². The molecule has 0 aromatic carbocycles. The van der Waals surface area contributed by atoms with E-state index in [4.69, 9.17) is 4.52 Å². The molecule has 30 heavy (non-hydrogen) atoms. The molecule has 4 heterocycles. The Kier molecular flexibility index (Phi) is 5.28. The first-order valence-corrected chi connectivity index (χ1v) is 12.0. The topological polar surface area (TPSA) is 65.7 Å². The van der Waals surface area contributed by atoms with E-state index in [1.807, 2.05) is 6.92 Å². The maximum atomic E-state index is 12.4. The molecule has 0 radical (unpaired) electrons. The van der Waals surface area contributed by atoms with Gasteiger partial charge in [-0.3, -0.25) is 9.69 Å². The van der Waals surface area contributed by atoms with Gasteiger partial charge in [-0.25, -0.2) is 0 Å². The number of fused-ring (bicyclic) bond motifs is 3. The molecule has 2 aliphatic carbocycles. The fraction of sp³-hybridized carbons (Fsp3) is 0.870. The standard InChI is InChI=1S/C23H37N5O2/c1-16-24-22(30-25-16)27-14-18-5-6-20(27)13-21(18)26-11-7-19(8-12-26)28(17(2)29)15-23(3)9-4-10-23/h18-21H,4-15H2,1-3H3. The quantitative estimate of drug-likeness (QED) is 0.736. The molecule has 1 aromatic heterocycles. The third-order valence-corrected chi connectivity index (χ3v) is 8.49.